The van der Waals surface area contributed by atoms with Crippen LogP contribution in [-0.4, -0.2) is 35.2 Å². The quantitative estimate of drug-likeness (QED) is 0.261. The van der Waals surface area contributed by atoms with Gasteiger partial charge in [0.1, 0.15) is 17.2 Å². The molecule has 6 nitrogen and oxygen atoms in total. The molecule has 0 atom stereocenters. The van der Waals surface area contributed by atoms with Gasteiger partial charge in [-0.15, -0.1) is 0 Å². The van der Waals surface area contributed by atoms with Gasteiger partial charge in [0.05, 0.1) is 18.8 Å². The molecule has 0 aliphatic rings. The lowest BCUT2D eigenvalue weighted by atomic mass is 10.0. The van der Waals surface area contributed by atoms with Crippen LogP contribution in [0.1, 0.15) is 48.2 Å². The topological polar surface area (TPSA) is 93.1 Å². The Morgan fingerprint density at radius 3 is 2.53 bits per heavy atom. The Labute approximate surface area is 184 Å². The third-order valence-electron chi connectivity index (χ3n) is 4.31. The van der Waals surface area contributed by atoms with E-state index in [1.54, 1.807) is 30.3 Å². The molecule has 0 saturated heterocycles. The molecular formula is C23H25BrO6. The van der Waals surface area contributed by atoms with Crippen LogP contribution in [0.3, 0.4) is 0 Å². The van der Waals surface area contributed by atoms with Crippen molar-refractivity contribution in [2.24, 2.45) is 0 Å². The van der Waals surface area contributed by atoms with Crippen LogP contribution in [0.5, 0.6) is 17.2 Å². The number of carbonyl (C=O) groups is 2. The first-order valence-electron chi connectivity index (χ1n) is 9.65. The van der Waals surface area contributed by atoms with E-state index in [9.17, 15) is 14.7 Å². The zero-order valence-electron chi connectivity index (χ0n) is 17.0. The minimum Gasteiger partial charge on any atom is -0.507 e. The average molecular weight is 477 g/mol. The van der Waals surface area contributed by atoms with Crippen LogP contribution in [0, 0.1) is 0 Å². The molecule has 0 aromatic heterocycles. The van der Waals surface area contributed by atoms with Crippen molar-refractivity contribution in [1.82, 2.24) is 0 Å². The Kier molecular flexibility index (Phi) is 8.92. The van der Waals surface area contributed by atoms with Crippen molar-refractivity contribution in [2.45, 2.75) is 33.1 Å². The number of aliphatic carboxylic acids is 1. The van der Waals surface area contributed by atoms with E-state index >= 15 is 0 Å². The van der Waals surface area contributed by atoms with Gasteiger partial charge in [-0.25, -0.2) is 4.79 Å². The van der Waals surface area contributed by atoms with Crippen LogP contribution in [0.2, 0.25) is 0 Å². The maximum absolute atomic E-state index is 11.6. The Hall–Kier alpha value is -2.80. The number of hydrogen-bond donors (Lipinski definition) is 2. The molecular weight excluding hydrogens is 452 g/mol. The highest BCUT2D eigenvalue weighted by atomic mass is 79.9. The fourth-order valence-electron chi connectivity index (χ4n) is 2.86. The molecule has 0 bridgehead atoms. The van der Waals surface area contributed by atoms with Crippen molar-refractivity contribution < 1.29 is 29.3 Å². The summed E-state index contributed by atoms with van der Waals surface area (Å²) in [7, 11) is 0. The third kappa shape index (κ3) is 6.62. The molecule has 2 rings (SSSR count). The SMILES string of the molecule is CCCc1c(OCCCOc2ccc(Br)c(/C=C/C(=O)O)c2)ccc(C(C)=O)c1O. The predicted molar refractivity (Wildman–Crippen MR) is 119 cm³/mol. The summed E-state index contributed by atoms with van der Waals surface area (Å²) >= 11 is 3.38. The van der Waals surface area contributed by atoms with E-state index in [0.717, 1.165) is 17.0 Å². The smallest absolute Gasteiger partial charge is 0.328 e. The summed E-state index contributed by atoms with van der Waals surface area (Å²) in [6, 6.07) is 8.64. The van der Waals surface area contributed by atoms with E-state index in [-0.39, 0.29) is 11.5 Å². The van der Waals surface area contributed by atoms with E-state index in [1.807, 2.05) is 6.92 Å². The second kappa shape index (κ2) is 11.4. The fraction of sp³-hybridized carbons (Fsp3) is 0.304. The maximum Gasteiger partial charge on any atom is 0.328 e. The zero-order valence-corrected chi connectivity index (χ0v) is 18.6. The van der Waals surface area contributed by atoms with Gasteiger partial charge in [-0.3, -0.25) is 4.79 Å². The van der Waals surface area contributed by atoms with Crippen LogP contribution in [0.4, 0.5) is 0 Å². The first-order valence-corrected chi connectivity index (χ1v) is 10.4. The molecule has 2 N–H and O–H groups in total. The zero-order chi connectivity index (χ0) is 22.1. The number of carbonyl (C=O) groups excluding carboxylic acids is 1. The summed E-state index contributed by atoms with van der Waals surface area (Å²) in [4.78, 5) is 22.3. The largest absolute Gasteiger partial charge is 0.507 e. The van der Waals surface area contributed by atoms with Gasteiger partial charge in [-0.2, -0.15) is 0 Å². The number of Topliss-reactive ketones (excluding diaryl/α,β-unsaturated/α-hetero) is 1. The van der Waals surface area contributed by atoms with E-state index in [4.69, 9.17) is 14.6 Å². The van der Waals surface area contributed by atoms with Gasteiger partial charge in [0, 0.05) is 22.5 Å². The molecule has 0 aliphatic heterocycles. The molecule has 7 heteroatoms. The number of halogens is 1. The van der Waals surface area contributed by atoms with Gasteiger partial charge in [-0.05, 0) is 55.3 Å². The number of phenolic OH excluding ortho intramolecular Hbond substituents is 1. The number of ether oxygens (including phenoxy) is 2. The van der Waals surface area contributed by atoms with Crippen LogP contribution >= 0.6 is 15.9 Å². The molecule has 0 saturated carbocycles. The van der Waals surface area contributed by atoms with Gasteiger partial charge >= 0.3 is 5.97 Å². The molecule has 0 radical (unpaired) electrons. The van der Waals surface area contributed by atoms with Gasteiger partial charge in [0.2, 0.25) is 0 Å². The summed E-state index contributed by atoms with van der Waals surface area (Å²) in [6.45, 7) is 4.21. The summed E-state index contributed by atoms with van der Waals surface area (Å²) in [5, 5.41) is 19.1. The van der Waals surface area contributed by atoms with E-state index in [2.05, 4.69) is 15.9 Å². The molecule has 2 aromatic rings. The normalized spacial score (nSPS) is 10.9. The van der Waals surface area contributed by atoms with Crippen LogP contribution < -0.4 is 9.47 Å². The molecule has 0 unspecified atom stereocenters. The molecule has 2 aromatic carbocycles. The standard InChI is InChI=1S/C23H25BrO6/c1-3-5-19-21(10-8-18(15(2)25)23(19)28)30-13-4-12-29-17-7-9-20(24)16(14-17)6-11-22(26)27/h6-11,14,28H,3-5,12-13H2,1-2H3,(H,26,27)/b11-6+. The highest BCUT2D eigenvalue weighted by molar-refractivity contribution is 9.10. The van der Waals surface area contributed by atoms with Crippen molar-refractivity contribution in [1.29, 1.82) is 0 Å². The minimum absolute atomic E-state index is 0.00472. The monoisotopic (exact) mass is 476 g/mol. The highest BCUT2D eigenvalue weighted by Gasteiger charge is 2.15. The number of rotatable bonds is 11. The van der Waals surface area contributed by atoms with E-state index in [0.29, 0.717) is 54.2 Å². The number of carboxylic acids is 1. The predicted octanol–water partition coefficient (Wildman–Crippen LogP) is 5.26. The van der Waals surface area contributed by atoms with Crippen LogP contribution in [0.15, 0.2) is 40.9 Å². The minimum atomic E-state index is -1.02. The summed E-state index contributed by atoms with van der Waals surface area (Å²) in [5.41, 5.74) is 1.66. The van der Waals surface area contributed by atoms with Gasteiger partial charge in [0.25, 0.3) is 0 Å². The molecule has 0 aliphatic carbocycles. The Morgan fingerprint density at radius 1 is 1.13 bits per heavy atom. The number of benzene rings is 2. The number of hydrogen-bond acceptors (Lipinski definition) is 5. The Bertz CT molecular complexity index is 936. The molecule has 0 heterocycles. The summed E-state index contributed by atoms with van der Waals surface area (Å²) in [6.07, 6.45) is 4.60. The molecule has 0 fully saturated rings. The Morgan fingerprint density at radius 2 is 1.87 bits per heavy atom. The van der Waals surface area contributed by atoms with E-state index in [1.165, 1.54) is 13.0 Å². The van der Waals surface area contributed by atoms with E-state index < -0.39 is 5.97 Å². The summed E-state index contributed by atoms with van der Waals surface area (Å²) < 4.78 is 12.3. The second-order valence-electron chi connectivity index (χ2n) is 6.65. The second-order valence-corrected chi connectivity index (χ2v) is 7.50. The fourth-order valence-corrected chi connectivity index (χ4v) is 3.24. The number of aromatic hydroxyl groups is 1. The highest BCUT2D eigenvalue weighted by Crippen LogP contribution is 2.33. The molecule has 0 amide bonds. The van der Waals surface area contributed by atoms with Crippen molar-refractivity contribution in [3.63, 3.8) is 0 Å². The van der Waals surface area contributed by atoms with Gasteiger partial charge in [-0.1, -0.05) is 29.3 Å². The number of ketones is 1. The lowest BCUT2D eigenvalue weighted by Gasteiger charge is -2.15. The molecule has 160 valence electrons. The first-order chi connectivity index (χ1) is 14.3. The third-order valence-corrected chi connectivity index (χ3v) is 5.03. The summed E-state index contributed by atoms with van der Waals surface area (Å²) in [5.74, 6) is -0.00980. The molecule has 30 heavy (non-hydrogen) atoms. The van der Waals surface area contributed by atoms with Gasteiger partial charge in [0.15, 0.2) is 5.78 Å². The van der Waals surface area contributed by atoms with Crippen molar-refractivity contribution in [3.05, 3.63) is 57.6 Å². The number of phenols is 1. The average Bonchev–Trinajstić information content (AvgIpc) is 2.69. The van der Waals surface area contributed by atoms with Crippen LogP contribution in [-0.2, 0) is 11.2 Å². The van der Waals surface area contributed by atoms with Crippen molar-refractivity contribution in [2.75, 3.05) is 13.2 Å². The van der Waals surface area contributed by atoms with Crippen molar-refractivity contribution in [3.8, 4) is 17.2 Å². The maximum atomic E-state index is 11.6. The molecule has 0 spiro atoms. The lowest BCUT2D eigenvalue weighted by molar-refractivity contribution is -0.131. The van der Waals surface area contributed by atoms with Crippen molar-refractivity contribution >= 4 is 33.8 Å². The van der Waals surface area contributed by atoms with Gasteiger partial charge < -0.3 is 19.7 Å². The number of carboxylic acid groups (broad SMARTS) is 1. The Balaban J connectivity index is 1.93. The van der Waals surface area contributed by atoms with Crippen LogP contribution in [0.25, 0.3) is 6.08 Å². The first kappa shape index (κ1) is 23.5. The lowest BCUT2D eigenvalue weighted by Crippen LogP contribution is -2.07.